The van der Waals surface area contributed by atoms with E-state index in [1.165, 1.54) is 12.0 Å². The summed E-state index contributed by atoms with van der Waals surface area (Å²) in [6.45, 7) is 0.784. The number of benzene rings is 2. The van der Waals surface area contributed by atoms with Gasteiger partial charge in [-0.3, -0.25) is 4.79 Å². The van der Waals surface area contributed by atoms with E-state index in [9.17, 15) is 4.79 Å². The highest BCUT2D eigenvalue weighted by atomic mass is 16.3. The van der Waals surface area contributed by atoms with Gasteiger partial charge in [-0.2, -0.15) is 0 Å². The summed E-state index contributed by atoms with van der Waals surface area (Å²) in [6, 6.07) is 18.2. The smallest absolute Gasteiger partial charge is 0.227 e. The number of rotatable bonds is 4. The predicted molar refractivity (Wildman–Crippen MR) is 92.5 cm³/mol. The highest BCUT2D eigenvalue weighted by molar-refractivity contribution is 5.95. The van der Waals surface area contributed by atoms with E-state index in [0.29, 0.717) is 12.3 Å². The molecule has 120 valence electrons. The number of carbonyl (C=O) groups is 1. The molecule has 0 unspecified atom stereocenters. The number of oxazole rings is 1. The number of aromatic nitrogens is 1. The molecule has 3 aromatic rings. The molecular weight excluding hydrogens is 300 g/mol. The van der Waals surface area contributed by atoms with Gasteiger partial charge < -0.3 is 9.32 Å². The standard InChI is InChI=1S/C20H18N2O2/c23-20-11-16(13-22(20)18-4-2-1-3-5-18)10-15-6-8-17(9-7-15)19-12-21-14-24-19/h1-9,12,14,16H,10-11,13H2/t16-/m0/s1. The Bertz CT molecular complexity index is 811. The van der Waals surface area contributed by atoms with Gasteiger partial charge in [-0.05, 0) is 30.0 Å². The number of hydrogen-bond donors (Lipinski definition) is 0. The maximum Gasteiger partial charge on any atom is 0.227 e. The Labute approximate surface area is 140 Å². The molecule has 0 radical (unpaired) electrons. The van der Waals surface area contributed by atoms with E-state index in [1.54, 1.807) is 6.20 Å². The highest BCUT2D eigenvalue weighted by Gasteiger charge is 2.30. The van der Waals surface area contributed by atoms with Crippen LogP contribution in [0.1, 0.15) is 12.0 Å². The van der Waals surface area contributed by atoms with Crippen molar-refractivity contribution in [1.82, 2.24) is 4.98 Å². The summed E-state index contributed by atoms with van der Waals surface area (Å²) >= 11 is 0. The third kappa shape index (κ3) is 2.95. The molecule has 1 aliphatic rings. The molecule has 2 aromatic carbocycles. The van der Waals surface area contributed by atoms with Crippen LogP contribution >= 0.6 is 0 Å². The van der Waals surface area contributed by atoms with Crippen LogP contribution in [0, 0.1) is 5.92 Å². The van der Waals surface area contributed by atoms with Crippen molar-refractivity contribution in [2.24, 2.45) is 5.92 Å². The lowest BCUT2D eigenvalue weighted by Gasteiger charge is -2.16. The summed E-state index contributed by atoms with van der Waals surface area (Å²) in [6.07, 6.45) is 4.67. The molecule has 1 amide bonds. The maximum atomic E-state index is 12.3. The Morgan fingerprint density at radius 3 is 2.58 bits per heavy atom. The van der Waals surface area contributed by atoms with Crippen LogP contribution < -0.4 is 4.90 Å². The van der Waals surface area contributed by atoms with Crippen LogP contribution in [0.5, 0.6) is 0 Å². The van der Waals surface area contributed by atoms with Crippen molar-refractivity contribution in [3.8, 4) is 11.3 Å². The molecule has 0 spiro atoms. The van der Waals surface area contributed by atoms with Crippen LogP contribution in [0.3, 0.4) is 0 Å². The third-order valence-corrected chi connectivity index (χ3v) is 4.47. The molecule has 4 heteroatoms. The summed E-state index contributed by atoms with van der Waals surface area (Å²) < 4.78 is 5.31. The minimum atomic E-state index is 0.212. The van der Waals surface area contributed by atoms with Crippen LogP contribution in [0.4, 0.5) is 5.69 Å². The van der Waals surface area contributed by atoms with Crippen LogP contribution in [0.15, 0.2) is 71.6 Å². The number of anilines is 1. The van der Waals surface area contributed by atoms with Gasteiger partial charge >= 0.3 is 0 Å². The van der Waals surface area contributed by atoms with Gasteiger partial charge in [0, 0.05) is 24.2 Å². The fourth-order valence-corrected chi connectivity index (χ4v) is 3.27. The zero-order valence-electron chi connectivity index (χ0n) is 13.3. The minimum Gasteiger partial charge on any atom is -0.444 e. The molecule has 4 rings (SSSR count). The predicted octanol–water partition coefficient (Wildman–Crippen LogP) is 3.94. The zero-order valence-corrected chi connectivity index (χ0v) is 13.3. The molecular formula is C20H18N2O2. The van der Waals surface area contributed by atoms with E-state index in [-0.39, 0.29) is 5.91 Å². The van der Waals surface area contributed by atoms with Crippen molar-refractivity contribution < 1.29 is 9.21 Å². The Balaban J connectivity index is 1.44. The van der Waals surface area contributed by atoms with E-state index < -0.39 is 0 Å². The Hall–Kier alpha value is -2.88. The van der Waals surface area contributed by atoms with Crippen molar-refractivity contribution in [3.05, 3.63) is 72.8 Å². The van der Waals surface area contributed by atoms with Crippen LogP contribution in [0.25, 0.3) is 11.3 Å². The average Bonchev–Trinajstić information content (AvgIpc) is 3.26. The fraction of sp³-hybridized carbons (Fsp3) is 0.200. The Morgan fingerprint density at radius 1 is 1.08 bits per heavy atom. The first-order valence-electron chi connectivity index (χ1n) is 8.13. The summed E-state index contributed by atoms with van der Waals surface area (Å²) in [7, 11) is 0. The molecule has 0 saturated carbocycles. The number of nitrogens with zero attached hydrogens (tertiary/aromatic N) is 2. The first-order valence-corrected chi connectivity index (χ1v) is 8.13. The van der Waals surface area contributed by atoms with Crippen molar-refractivity contribution in [2.75, 3.05) is 11.4 Å². The number of carbonyl (C=O) groups excluding carboxylic acids is 1. The van der Waals surface area contributed by atoms with Gasteiger partial charge in [0.25, 0.3) is 0 Å². The lowest BCUT2D eigenvalue weighted by Crippen LogP contribution is -2.24. The number of amides is 1. The van der Waals surface area contributed by atoms with Crippen molar-refractivity contribution >= 4 is 11.6 Å². The van der Waals surface area contributed by atoms with Crippen molar-refractivity contribution in [2.45, 2.75) is 12.8 Å². The zero-order chi connectivity index (χ0) is 16.4. The molecule has 0 bridgehead atoms. The lowest BCUT2D eigenvalue weighted by atomic mass is 9.97. The fourth-order valence-electron chi connectivity index (χ4n) is 3.27. The molecule has 1 atom stereocenters. The molecule has 24 heavy (non-hydrogen) atoms. The van der Waals surface area contributed by atoms with E-state index in [4.69, 9.17) is 4.42 Å². The van der Waals surface area contributed by atoms with Crippen molar-refractivity contribution in [1.29, 1.82) is 0 Å². The van der Waals surface area contributed by atoms with E-state index >= 15 is 0 Å². The molecule has 1 aromatic heterocycles. The first-order chi connectivity index (χ1) is 11.8. The quantitative estimate of drug-likeness (QED) is 0.732. The molecule has 1 aliphatic heterocycles. The summed E-state index contributed by atoms with van der Waals surface area (Å²) in [5, 5.41) is 0. The van der Waals surface area contributed by atoms with E-state index in [1.807, 2.05) is 47.4 Å². The first kappa shape index (κ1) is 14.7. The van der Waals surface area contributed by atoms with Gasteiger partial charge in [-0.15, -0.1) is 0 Å². The maximum absolute atomic E-state index is 12.3. The summed E-state index contributed by atoms with van der Waals surface area (Å²) in [5.74, 6) is 1.34. The Morgan fingerprint density at radius 2 is 1.88 bits per heavy atom. The second kappa shape index (κ2) is 6.32. The van der Waals surface area contributed by atoms with Crippen LogP contribution in [-0.2, 0) is 11.2 Å². The van der Waals surface area contributed by atoms with E-state index in [2.05, 4.69) is 17.1 Å². The molecule has 0 N–H and O–H groups in total. The largest absolute Gasteiger partial charge is 0.444 e. The van der Waals surface area contributed by atoms with Crippen LogP contribution in [-0.4, -0.2) is 17.4 Å². The topological polar surface area (TPSA) is 46.3 Å². The SMILES string of the molecule is O=C1C[C@H](Cc2ccc(-c3cnco3)cc2)CN1c1ccccc1. The van der Waals surface area contributed by atoms with Gasteiger partial charge in [-0.1, -0.05) is 42.5 Å². The Kier molecular flexibility index (Phi) is 3.87. The second-order valence-electron chi connectivity index (χ2n) is 6.18. The van der Waals surface area contributed by atoms with Gasteiger partial charge in [-0.25, -0.2) is 4.98 Å². The van der Waals surface area contributed by atoms with Gasteiger partial charge in [0.1, 0.15) is 0 Å². The molecule has 2 heterocycles. The van der Waals surface area contributed by atoms with Gasteiger partial charge in [0.15, 0.2) is 12.2 Å². The molecule has 4 nitrogen and oxygen atoms in total. The third-order valence-electron chi connectivity index (χ3n) is 4.47. The normalized spacial score (nSPS) is 17.4. The summed E-state index contributed by atoms with van der Waals surface area (Å²) in [5.41, 5.74) is 3.25. The minimum absolute atomic E-state index is 0.212. The highest BCUT2D eigenvalue weighted by Crippen LogP contribution is 2.28. The average molecular weight is 318 g/mol. The number of hydrogen-bond acceptors (Lipinski definition) is 3. The van der Waals surface area contributed by atoms with Gasteiger partial charge in [0.2, 0.25) is 5.91 Å². The summed E-state index contributed by atoms with van der Waals surface area (Å²) in [4.78, 5) is 18.1. The van der Waals surface area contributed by atoms with Crippen LogP contribution in [0.2, 0.25) is 0 Å². The number of para-hydroxylation sites is 1. The van der Waals surface area contributed by atoms with Gasteiger partial charge in [0.05, 0.1) is 6.20 Å². The van der Waals surface area contributed by atoms with E-state index in [0.717, 1.165) is 30.0 Å². The monoisotopic (exact) mass is 318 g/mol. The lowest BCUT2D eigenvalue weighted by molar-refractivity contribution is -0.117. The molecule has 1 fully saturated rings. The molecule has 0 aliphatic carbocycles. The molecule has 1 saturated heterocycles. The second-order valence-corrected chi connectivity index (χ2v) is 6.18. The van der Waals surface area contributed by atoms with Crippen molar-refractivity contribution in [3.63, 3.8) is 0 Å².